The van der Waals surface area contributed by atoms with E-state index >= 15 is 0 Å². The molecule has 0 spiro atoms. The Kier molecular flexibility index (Phi) is 11.7. The third-order valence-electron chi connectivity index (χ3n) is 6.51. The number of hydrogen-bond donors (Lipinski definition) is 1. The quantitative estimate of drug-likeness (QED) is 0.255. The summed E-state index contributed by atoms with van der Waals surface area (Å²) in [5, 5.41) is 3.49. The van der Waals surface area contributed by atoms with Gasteiger partial charge in [-0.3, -0.25) is 13.9 Å². The molecule has 3 aromatic rings. The first kappa shape index (κ1) is 34.0. The standard InChI is InChI=1S/C30H34Cl2FN3O6S/c1-6-26(30(38)34-19(2)3)35(17-20-7-8-21(31)15-25(20)32)29(37)18-36(23-11-9-22(33)10-12-23)43(39,40)24-13-14-27(41-4)28(16-24)42-5/h7-16,19,26H,6,17-18H2,1-5H3,(H,34,38). The summed E-state index contributed by atoms with van der Waals surface area (Å²) in [5.41, 5.74) is 0.542. The minimum absolute atomic E-state index is 0.0358. The molecule has 0 saturated carbocycles. The summed E-state index contributed by atoms with van der Waals surface area (Å²) >= 11 is 12.5. The molecular formula is C30H34Cl2FN3O6S. The Morgan fingerprint density at radius 1 is 0.953 bits per heavy atom. The smallest absolute Gasteiger partial charge is 0.264 e. The van der Waals surface area contributed by atoms with Crippen molar-refractivity contribution in [1.82, 2.24) is 10.2 Å². The van der Waals surface area contributed by atoms with Gasteiger partial charge in [0.2, 0.25) is 11.8 Å². The Hall–Kier alpha value is -3.54. The van der Waals surface area contributed by atoms with E-state index in [9.17, 15) is 22.4 Å². The Labute approximate surface area is 261 Å². The van der Waals surface area contributed by atoms with Crippen LogP contribution in [0.2, 0.25) is 10.0 Å². The van der Waals surface area contributed by atoms with Gasteiger partial charge in [-0.25, -0.2) is 12.8 Å². The van der Waals surface area contributed by atoms with E-state index in [-0.39, 0.29) is 40.4 Å². The van der Waals surface area contributed by atoms with Gasteiger partial charge in [0.05, 0.1) is 24.8 Å². The third-order valence-corrected chi connectivity index (χ3v) is 8.87. The van der Waals surface area contributed by atoms with Crippen LogP contribution in [0.4, 0.5) is 10.1 Å². The molecule has 0 saturated heterocycles. The molecule has 0 heterocycles. The minimum atomic E-state index is -4.43. The number of rotatable bonds is 13. The molecule has 1 N–H and O–H groups in total. The van der Waals surface area contributed by atoms with Crippen LogP contribution in [0.5, 0.6) is 11.5 Å². The van der Waals surface area contributed by atoms with Gasteiger partial charge in [-0.05, 0) is 74.4 Å². The monoisotopic (exact) mass is 653 g/mol. The van der Waals surface area contributed by atoms with Crippen LogP contribution >= 0.6 is 23.2 Å². The maximum absolute atomic E-state index is 14.1. The van der Waals surface area contributed by atoms with E-state index in [0.717, 1.165) is 16.4 Å². The molecule has 0 fully saturated rings. The summed E-state index contributed by atoms with van der Waals surface area (Å²) in [6, 6.07) is 12.3. The van der Waals surface area contributed by atoms with Crippen molar-refractivity contribution in [2.24, 2.45) is 0 Å². The van der Waals surface area contributed by atoms with E-state index < -0.39 is 40.2 Å². The summed E-state index contributed by atoms with van der Waals surface area (Å²) in [7, 11) is -1.65. The molecule has 0 aliphatic heterocycles. The Balaban J connectivity index is 2.12. The lowest BCUT2D eigenvalue weighted by molar-refractivity contribution is -0.140. The number of amides is 2. The summed E-state index contributed by atoms with van der Waals surface area (Å²) < 4.78 is 53.4. The van der Waals surface area contributed by atoms with Crippen LogP contribution < -0.4 is 19.1 Å². The van der Waals surface area contributed by atoms with Gasteiger partial charge in [0.15, 0.2) is 11.5 Å². The van der Waals surface area contributed by atoms with Crippen LogP contribution in [-0.4, -0.2) is 58.0 Å². The summed E-state index contributed by atoms with van der Waals surface area (Å²) in [5.74, 6) is -1.23. The second kappa shape index (κ2) is 14.8. The van der Waals surface area contributed by atoms with Gasteiger partial charge in [-0.15, -0.1) is 0 Å². The van der Waals surface area contributed by atoms with Gasteiger partial charge in [-0.1, -0.05) is 36.2 Å². The topological polar surface area (TPSA) is 105 Å². The predicted octanol–water partition coefficient (Wildman–Crippen LogP) is 5.68. The zero-order valence-electron chi connectivity index (χ0n) is 24.4. The first-order valence-corrected chi connectivity index (χ1v) is 15.6. The highest BCUT2D eigenvalue weighted by molar-refractivity contribution is 7.92. The van der Waals surface area contributed by atoms with E-state index in [2.05, 4.69) is 5.32 Å². The van der Waals surface area contributed by atoms with Crippen LogP contribution in [0.3, 0.4) is 0 Å². The fraction of sp³-hybridized carbons (Fsp3) is 0.333. The minimum Gasteiger partial charge on any atom is -0.493 e. The Morgan fingerprint density at radius 2 is 1.60 bits per heavy atom. The third kappa shape index (κ3) is 8.31. The summed E-state index contributed by atoms with van der Waals surface area (Å²) in [6.45, 7) is 4.51. The molecule has 1 unspecified atom stereocenters. The fourth-order valence-corrected chi connectivity index (χ4v) is 6.27. The maximum Gasteiger partial charge on any atom is 0.264 e. The largest absolute Gasteiger partial charge is 0.493 e. The number of nitrogens with one attached hydrogen (secondary N) is 1. The summed E-state index contributed by atoms with van der Waals surface area (Å²) in [6.07, 6.45) is 0.231. The normalized spacial score (nSPS) is 12.0. The molecule has 0 radical (unpaired) electrons. The van der Waals surface area contributed by atoms with Crippen LogP contribution in [0.15, 0.2) is 65.6 Å². The van der Waals surface area contributed by atoms with Crippen molar-refractivity contribution in [3.05, 3.63) is 82.1 Å². The molecule has 3 rings (SSSR count). The predicted molar refractivity (Wildman–Crippen MR) is 165 cm³/mol. The number of ether oxygens (including phenoxy) is 2. The van der Waals surface area contributed by atoms with E-state index in [0.29, 0.717) is 16.3 Å². The van der Waals surface area contributed by atoms with Gasteiger partial charge >= 0.3 is 0 Å². The summed E-state index contributed by atoms with van der Waals surface area (Å²) in [4.78, 5) is 28.5. The lowest BCUT2D eigenvalue weighted by Gasteiger charge is -2.33. The second-order valence-electron chi connectivity index (χ2n) is 9.85. The van der Waals surface area contributed by atoms with Crippen LogP contribution in [0.25, 0.3) is 0 Å². The highest BCUT2D eigenvalue weighted by Gasteiger charge is 2.34. The lowest BCUT2D eigenvalue weighted by atomic mass is 10.1. The Morgan fingerprint density at radius 3 is 2.16 bits per heavy atom. The Bertz CT molecular complexity index is 1550. The first-order valence-electron chi connectivity index (χ1n) is 13.4. The van der Waals surface area contributed by atoms with Gasteiger partial charge < -0.3 is 19.7 Å². The first-order chi connectivity index (χ1) is 20.3. The van der Waals surface area contributed by atoms with Crippen molar-refractivity contribution in [2.75, 3.05) is 25.1 Å². The van der Waals surface area contributed by atoms with Gasteiger partial charge in [0.25, 0.3) is 10.0 Å². The maximum atomic E-state index is 14.1. The van der Waals surface area contributed by atoms with Crippen LogP contribution in [0.1, 0.15) is 32.8 Å². The molecule has 9 nitrogen and oxygen atoms in total. The number of anilines is 1. The van der Waals surface area contributed by atoms with Gasteiger partial charge in [-0.2, -0.15) is 0 Å². The molecule has 0 bridgehead atoms. The van der Waals surface area contributed by atoms with Crippen LogP contribution in [0, 0.1) is 5.82 Å². The molecule has 3 aromatic carbocycles. The highest BCUT2D eigenvalue weighted by atomic mass is 35.5. The van der Waals surface area contributed by atoms with Crippen LogP contribution in [-0.2, 0) is 26.2 Å². The lowest BCUT2D eigenvalue weighted by Crippen LogP contribution is -2.53. The number of nitrogens with zero attached hydrogens (tertiary/aromatic N) is 2. The zero-order chi connectivity index (χ0) is 31.9. The van der Waals surface area contributed by atoms with Crippen molar-refractivity contribution in [3.63, 3.8) is 0 Å². The van der Waals surface area contributed by atoms with Crippen molar-refractivity contribution >= 4 is 50.7 Å². The average Bonchev–Trinajstić information content (AvgIpc) is 2.96. The van der Waals surface area contributed by atoms with E-state index in [1.165, 1.54) is 55.5 Å². The average molecular weight is 655 g/mol. The highest BCUT2D eigenvalue weighted by Crippen LogP contribution is 2.33. The number of benzene rings is 3. The van der Waals surface area contributed by atoms with Crippen molar-refractivity contribution in [3.8, 4) is 11.5 Å². The molecule has 0 aliphatic carbocycles. The molecule has 232 valence electrons. The number of sulfonamides is 1. The SMILES string of the molecule is CCC(C(=O)NC(C)C)N(Cc1ccc(Cl)cc1Cl)C(=O)CN(c1ccc(F)cc1)S(=O)(=O)c1ccc(OC)c(OC)c1. The number of carbonyl (C=O) groups is 2. The number of hydrogen-bond acceptors (Lipinski definition) is 6. The van der Waals surface area contributed by atoms with Gasteiger partial charge in [0.1, 0.15) is 18.4 Å². The zero-order valence-corrected chi connectivity index (χ0v) is 26.8. The fourth-order valence-electron chi connectivity index (χ4n) is 4.37. The number of methoxy groups -OCH3 is 2. The van der Waals surface area contributed by atoms with Crippen molar-refractivity contribution in [2.45, 2.75) is 50.7 Å². The van der Waals surface area contributed by atoms with E-state index in [1.54, 1.807) is 32.9 Å². The number of halogens is 3. The molecule has 13 heteroatoms. The molecule has 43 heavy (non-hydrogen) atoms. The van der Waals surface area contributed by atoms with E-state index in [1.807, 2.05) is 0 Å². The van der Waals surface area contributed by atoms with Gasteiger partial charge in [0, 0.05) is 28.7 Å². The second-order valence-corrected chi connectivity index (χ2v) is 12.6. The molecule has 1 atom stereocenters. The number of carbonyl (C=O) groups excluding carboxylic acids is 2. The van der Waals surface area contributed by atoms with Crippen molar-refractivity contribution in [1.29, 1.82) is 0 Å². The van der Waals surface area contributed by atoms with E-state index in [4.69, 9.17) is 32.7 Å². The van der Waals surface area contributed by atoms with Crippen molar-refractivity contribution < 1.29 is 31.9 Å². The molecule has 0 aliphatic rings. The molecular weight excluding hydrogens is 620 g/mol. The molecule has 2 amide bonds. The molecule has 0 aromatic heterocycles.